The van der Waals surface area contributed by atoms with Crippen LogP contribution in [0.1, 0.15) is 5.56 Å². The van der Waals surface area contributed by atoms with Crippen LogP contribution in [0.15, 0.2) is 30.3 Å². The summed E-state index contributed by atoms with van der Waals surface area (Å²) < 4.78 is 5.00. The molecule has 0 aliphatic carbocycles. The Morgan fingerprint density at radius 2 is 1.78 bits per heavy atom. The van der Waals surface area contributed by atoms with Crippen molar-refractivity contribution >= 4 is 6.08 Å². The van der Waals surface area contributed by atoms with Crippen LogP contribution in [0, 0.1) is 0 Å². The molecule has 1 aromatic carbocycles. The number of aliphatic hydroxyl groups excluding tert-OH is 4. The molecule has 5 nitrogen and oxygen atoms in total. The minimum Gasteiger partial charge on any atom is -0.497 e. The molecule has 0 aliphatic rings. The third-order valence-electron chi connectivity index (χ3n) is 2.53. The molecule has 5 heteroatoms. The lowest BCUT2D eigenvalue weighted by Crippen LogP contribution is -2.38. The fourth-order valence-electron chi connectivity index (χ4n) is 1.37. The minimum absolute atomic E-state index is 0.603. The lowest BCUT2D eigenvalue weighted by atomic mass is 10.1. The van der Waals surface area contributed by atoms with E-state index in [-0.39, 0.29) is 0 Å². The average molecular weight is 254 g/mol. The molecule has 0 radical (unpaired) electrons. The summed E-state index contributed by atoms with van der Waals surface area (Å²) in [5, 5.41) is 36.8. The van der Waals surface area contributed by atoms with Crippen molar-refractivity contribution in [1.82, 2.24) is 0 Å². The molecule has 3 atom stereocenters. The molecule has 0 saturated heterocycles. The first kappa shape index (κ1) is 14.7. The van der Waals surface area contributed by atoms with Crippen LogP contribution < -0.4 is 4.74 Å². The van der Waals surface area contributed by atoms with Crippen LogP contribution in [-0.2, 0) is 0 Å². The predicted octanol–water partition coefficient (Wildman–Crippen LogP) is -0.217. The van der Waals surface area contributed by atoms with E-state index in [2.05, 4.69) is 0 Å². The van der Waals surface area contributed by atoms with Gasteiger partial charge >= 0.3 is 0 Å². The molecule has 0 spiro atoms. The van der Waals surface area contributed by atoms with Gasteiger partial charge in [0.2, 0.25) is 0 Å². The topological polar surface area (TPSA) is 90.2 Å². The fraction of sp³-hybridized carbons (Fsp3) is 0.385. The highest BCUT2D eigenvalue weighted by molar-refractivity contribution is 5.51. The number of aliphatic hydroxyl groups is 4. The third kappa shape index (κ3) is 4.12. The molecule has 0 aliphatic heterocycles. The fourth-order valence-corrected chi connectivity index (χ4v) is 1.37. The first-order chi connectivity index (χ1) is 8.58. The van der Waals surface area contributed by atoms with Gasteiger partial charge in [0.15, 0.2) is 0 Å². The van der Waals surface area contributed by atoms with E-state index < -0.39 is 24.9 Å². The van der Waals surface area contributed by atoms with Crippen molar-refractivity contribution in [1.29, 1.82) is 0 Å². The summed E-state index contributed by atoms with van der Waals surface area (Å²) in [6.45, 7) is -0.603. The molecule has 0 saturated carbocycles. The van der Waals surface area contributed by atoms with E-state index in [1.165, 1.54) is 6.08 Å². The Morgan fingerprint density at radius 1 is 1.17 bits per heavy atom. The molecule has 1 rings (SSSR count). The Morgan fingerprint density at radius 3 is 2.28 bits per heavy atom. The van der Waals surface area contributed by atoms with E-state index in [4.69, 9.17) is 14.9 Å². The van der Waals surface area contributed by atoms with Gasteiger partial charge in [0.1, 0.15) is 24.1 Å². The number of methoxy groups -OCH3 is 1. The Balaban J connectivity index is 2.62. The lowest BCUT2D eigenvalue weighted by molar-refractivity contribution is -0.0608. The van der Waals surface area contributed by atoms with E-state index in [9.17, 15) is 10.2 Å². The standard InChI is InChI=1S/C13H18O5/c1-18-10-5-2-9(3-6-10)4-7-11(15)13(17)12(16)8-14/h2-7,11-17H,8H2,1H3/b7-4+/t11-,12-,13-/m0/s1. The lowest BCUT2D eigenvalue weighted by Gasteiger charge is -2.18. The normalized spacial score (nSPS) is 16.5. The maximum atomic E-state index is 9.55. The molecule has 0 aromatic heterocycles. The minimum atomic E-state index is -1.41. The largest absolute Gasteiger partial charge is 0.497 e. The van der Waals surface area contributed by atoms with Crippen LogP contribution in [0.25, 0.3) is 6.08 Å². The molecule has 100 valence electrons. The van der Waals surface area contributed by atoms with Gasteiger partial charge in [-0.2, -0.15) is 0 Å². The van der Waals surface area contributed by atoms with Crippen LogP contribution in [0.5, 0.6) is 5.75 Å². The van der Waals surface area contributed by atoms with Crippen LogP contribution in [0.3, 0.4) is 0 Å². The molecule has 0 amide bonds. The van der Waals surface area contributed by atoms with Crippen molar-refractivity contribution in [2.45, 2.75) is 18.3 Å². The van der Waals surface area contributed by atoms with Crippen LogP contribution in [0.4, 0.5) is 0 Å². The van der Waals surface area contributed by atoms with Crippen molar-refractivity contribution in [2.75, 3.05) is 13.7 Å². The highest BCUT2D eigenvalue weighted by Gasteiger charge is 2.21. The summed E-state index contributed by atoms with van der Waals surface area (Å²) in [6, 6.07) is 7.11. The zero-order chi connectivity index (χ0) is 13.5. The summed E-state index contributed by atoms with van der Waals surface area (Å²) in [6.07, 6.45) is -1.05. The van der Waals surface area contributed by atoms with Crippen LogP contribution in [0.2, 0.25) is 0 Å². The Bertz CT molecular complexity index is 373. The molecular formula is C13H18O5. The number of hydrogen-bond acceptors (Lipinski definition) is 5. The summed E-state index contributed by atoms with van der Waals surface area (Å²) in [4.78, 5) is 0. The first-order valence-electron chi connectivity index (χ1n) is 5.55. The first-order valence-corrected chi connectivity index (χ1v) is 5.55. The number of benzene rings is 1. The molecule has 18 heavy (non-hydrogen) atoms. The van der Waals surface area contributed by atoms with Gasteiger partial charge in [-0.3, -0.25) is 0 Å². The highest BCUT2D eigenvalue weighted by atomic mass is 16.5. The summed E-state index contributed by atoms with van der Waals surface area (Å²) >= 11 is 0. The van der Waals surface area contributed by atoms with Gasteiger partial charge in [-0.05, 0) is 17.7 Å². The van der Waals surface area contributed by atoms with E-state index in [0.717, 1.165) is 11.3 Å². The molecule has 0 bridgehead atoms. The van der Waals surface area contributed by atoms with Gasteiger partial charge in [0.05, 0.1) is 13.7 Å². The van der Waals surface area contributed by atoms with Crippen molar-refractivity contribution in [3.05, 3.63) is 35.9 Å². The molecule has 0 unspecified atom stereocenters. The van der Waals surface area contributed by atoms with Crippen molar-refractivity contribution in [3.8, 4) is 5.75 Å². The Hall–Kier alpha value is -1.40. The maximum absolute atomic E-state index is 9.55. The second kappa shape index (κ2) is 7.13. The maximum Gasteiger partial charge on any atom is 0.118 e. The second-order valence-electron chi connectivity index (χ2n) is 3.86. The molecular weight excluding hydrogens is 236 g/mol. The molecule has 1 aromatic rings. The van der Waals surface area contributed by atoms with Crippen molar-refractivity contribution < 1.29 is 25.2 Å². The zero-order valence-corrected chi connectivity index (χ0v) is 10.1. The van der Waals surface area contributed by atoms with Gasteiger partial charge in [0, 0.05) is 0 Å². The van der Waals surface area contributed by atoms with Gasteiger partial charge in [-0.25, -0.2) is 0 Å². The van der Waals surface area contributed by atoms with Gasteiger partial charge in [0.25, 0.3) is 0 Å². The number of hydrogen-bond donors (Lipinski definition) is 4. The van der Waals surface area contributed by atoms with Crippen LogP contribution in [-0.4, -0.2) is 52.5 Å². The van der Waals surface area contributed by atoms with E-state index in [1.54, 1.807) is 37.5 Å². The molecule has 0 heterocycles. The quantitative estimate of drug-likeness (QED) is 0.563. The Labute approximate surface area is 106 Å². The SMILES string of the molecule is COc1ccc(/C=C/[C@H](O)[C@H](O)[C@@H](O)CO)cc1. The Kier molecular flexibility index (Phi) is 5.80. The third-order valence-corrected chi connectivity index (χ3v) is 2.53. The average Bonchev–Trinajstić information content (AvgIpc) is 2.43. The monoisotopic (exact) mass is 254 g/mol. The van der Waals surface area contributed by atoms with Gasteiger partial charge in [-0.1, -0.05) is 24.3 Å². The summed E-state index contributed by atoms with van der Waals surface area (Å²) in [7, 11) is 1.57. The number of ether oxygens (including phenoxy) is 1. The predicted molar refractivity (Wildman–Crippen MR) is 67.1 cm³/mol. The molecule has 0 fully saturated rings. The zero-order valence-electron chi connectivity index (χ0n) is 10.1. The van der Waals surface area contributed by atoms with Gasteiger partial charge in [-0.15, -0.1) is 0 Å². The van der Waals surface area contributed by atoms with Crippen LogP contribution >= 0.6 is 0 Å². The smallest absolute Gasteiger partial charge is 0.118 e. The molecule has 4 N–H and O–H groups in total. The summed E-state index contributed by atoms with van der Waals surface area (Å²) in [5.41, 5.74) is 0.820. The van der Waals surface area contributed by atoms with Crippen molar-refractivity contribution in [2.24, 2.45) is 0 Å². The van der Waals surface area contributed by atoms with Crippen molar-refractivity contribution in [3.63, 3.8) is 0 Å². The van der Waals surface area contributed by atoms with E-state index in [1.807, 2.05) is 0 Å². The number of rotatable bonds is 6. The van der Waals surface area contributed by atoms with E-state index >= 15 is 0 Å². The van der Waals surface area contributed by atoms with E-state index in [0.29, 0.717) is 0 Å². The summed E-state index contributed by atoms with van der Waals surface area (Å²) in [5.74, 6) is 0.725. The highest BCUT2D eigenvalue weighted by Crippen LogP contribution is 2.13. The van der Waals surface area contributed by atoms with Gasteiger partial charge < -0.3 is 25.2 Å². The second-order valence-corrected chi connectivity index (χ2v) is 3.86.